The third kappa shape index (κ3) is 5.27. The Morgan fingerprint density at radius 1 is 1.13 bits per heavy atom. The quantitative estimate of drug-likeness (QED) is 0.709. The third-order valence-corrected chi connectivity index (χ3v) is 6.45. The van der Waals surface area contributed by atoms with E-state index in [1.165, 1.54) is 16.9 Å². The summed E-state index contributed by atoms with van der Waals surface area (Å²) in [6.07, 6.45) is 2.99. The first-order valence-corrected chi connectivity index (χ1v) is 11.2. The highest BCUT2D eigenvalue weighted by Gasteiger charge is 2.29. The van der Waals surface area contributed by atoms with Crippen molar-refractivity contribution in [2.45, 2.75) is 52.9 Å². The summed E-state index contributed by atoms with van der Waals surface area (Å²) in [5.74, 6) is -0.183. The van der Waals surface area contributed by atoms with Gasteiger partial charge in [0.25, 0.3) is 5.91 Å². The maximum Gasteiger partial charge on any atom is 0.414 e. The fourth-order valence-corrected chi connectivity index (χ4v) is 5.07. The van der Waals surface area contributed by atoms with E-state index < -0.39 is 12.0 Å². The molecule has 0 saturated heterocycles. The van der Waals surface area contributed by atoms with E-state index in [4.69, 9.17) is 4.74 Å². The van der Waals surface area contributed by atoms with Gasteiger partial charge < -0.3 is 10.1 Å². The van der Waals surface area contributed by atoms with Crippen LogP contribution in [0.1, 0.15) is 59.1 Å². The Morgan fingerprint density at radius 2 is 1.83 bits per heavy atom. The van der Waals surface area contributed by atoms with E-state index in [1.54, 1.807) is 6.92 Å². The fourth-order valence-electron chi connectivity index (χ4n) is 3.65. The average Bonchev–Trinajstić information content (AvgIpc) is 3.05. The van der Waals surface area contributed by atoms with Crippen molar-refractivity contribution in [1.82, 2.24) is 5.32 Å². The summed E-state index contributed by atoms with van der Waals surface area (Å²) in [5.41, 5.74) is 3.46. The first kappa shape index (κ1) is 22.0. The Balaban J connectivity index is 1.80. The lowest BCUT2D eigenvalue weighted by Crippen LogP contribution is -2.32. The van der Waals surface area contributed by atoms with Gasteiger partial charge in [-0.1, -0.05) is 38.1 Å². The van der Waals surface area contributed by atoms with Crippen LogP contribution in [0.5, 0.6) is 0 Å². The Hall–Kier alpha value is -2.67. The number of ether oxygens (including phenoxy) is 1. The molecule has 0 bridgehead atoms. The summed E-state index contributed by atoms with van der Waals surface area (Å²) in [6, 6.07) is 7.94. The monoisotopic (exact) mass is 428 g/mol. The minimum Gasteiger partial charge on any atom is -0.450 e. The molecule has 2 aromatic rings. The van der Waals surface area contributed by atoms with E-state index in [1.807, 2.05) is 24.3 Å². The number of anilines is 1. The highest BCUT2D eigenvalue weighted by atomic mass is 32.1. The average molecular weight is 429 g/mol. The fraction of sp³-hybridized carbons (Fsp3) is 0.435. The van der Waals surface area contributed by atoms with E-state index in [0.717, 1.165) is 41.7 Å². The van der Waals surface area contributed by atoms with Crippen molar-refractivity contribution in [3.05, 3.63) is 51.4 Å². The lowest BCUT2D eigenvalue weighted by molar-refractivity contribution is -0.115. The van der Waals surface area contributed by atoms with Gasteiger partial charge in [0.2, 0.25) is 5.91 Å². The summed E-state index contributed by atoms with van der Waals surface area (Å²) >= 11 is 1.43. The highest BCUT2D eigenvalue weighted by molar-refractivity contribution is 7.17. The van der Waals surface area contributed by atoms with Crippen LogP contribution in [0.4, 0.5) is 9.80 Å². The molecule has 1 atom stereocenters. The predicted molar refractivity (Wildman–Crippen MR) is 118 cm³/mol. The number of fused-ring (bicyclic) bond motifs is 1. The number of thiophene rings is 1. The summed E-state index contributed by atoms with van der Waals surface area (Å²) in [6.45, 7) is 6.12. The van der Waals surface area contributed by atoms with E-state index in [2.05, 4.69) is 24.5 Å². The van der Waals surface area contributed by atoms with Crippen molar-refractivity contribution >= 4 is 34.2 Å². The number of benzene rings is 1. The van der Waals surface area contributed by atoms with Crippen LogP contribution < -0.4 is 10.6 Å². The van der Waals surface area contributed by atoms with Gasteiger partial charge in [-0.3, -0.25) is 14.9 Å². The maximum atomic E-state index is 12.8. The van der Waals surface area contributed by atoms with E-state index in [0.29, 0.717) is 16.5 Å². The molecule has 1 aromatic heterocycles. The van der Waals surface area contributed by atoms with Gasteiger partial charge in [-0.15, -0.1) is 11.3 Å². The molecule has 0 aliphatic heterocycles. The number of carbonyl (C=O) groups excluding carboxylic acids is 3. The summed E-state index contributed by atoms with van der Waals surface area (Å²) in [5, 5.41) is 5.69. The first-order chi connectivity index (χ1) is 14.4. The Kier molecular flexibility index (Phi) is 7.26. The number of hydrogen-bond acceptors (Lipinski definition) is 5. The molecule has 0 saturated carbocycles. The zero-order chi connectivity index (χ0) is 21.7. The molecule has 1 aliphatic carbocycles. The Bertz CT molecular complexity index is 933. The minimum atomic E-state index is -0.778. The molecular formula is C23H28N2O4S. The molecule has 1 aliphatic rings. The summed E-state index contributed by atoms with van der Waals surface area (Å²) in [4.78, 5) is 38.4. The molecule has 1 heterocycles. The van der Waals surface area contributed by atoms with Gasteiger partial charge in [0, 0.05) is 4.88 Å². The van der Waals surface area contributed by atoms with Crippen molar-refractivity contribution < 1.29 is 19.1 Å². The van der Waals surface area contributed by atoms with Crippen LogP contribution in [0.2, 0.25) is 0 Å². The Morgan fingerprint density at radius 3 is 2.50 bits per heavy atom. The molecule has 0 fully saturated rings. The van der Waals surface area contributed by atoms with Gasteiger partial charge in [-0.05, 0) is 55.2 Å². The third-order valence-electron chi connectivity index (χ3n) is 5.28. The lowest BCUT2D eigenvalue weighted by Gasteiger charge is -2.18. The van der Waals surface area contributed by atoms with Crippen molar-refractivity contribution in [2.24, 2.45) is 5.92 Å². The van der Waals surface area contributed by atoms with Gasteiger partial charge in [0.05, 0.1) is 18.6 Å². The first-order valence-electron chi connectivity index (χ1n) is 10.4. The van der Waals surface area contributed by atoms with Gasteiger partial charge in [-0.2, -0.15) is 0 Å². The molecular weight excluding hydrogens is 400 g/mol. The largest absolute Gasteiger partial charge is 0.450 e. The predicted octanol–water partition coefficient (Wildman–Crippen LogP) is 4.50. The molecule has 7 heteroatoms. The second-order valence-corrected chi connectivity index (χ2v) is 8.73. The number of rotatable bonds is 6. The summed E-state index contributed by atoms with van der Waals surface area (Å²) in [7, 11) is 0. The van der Waals surface area contributed by atoms with E-state index in [-0.39, 0.29) is 18.9 Å². The number of alkyl carbamates (subject to hydrolysis) is 1. The molecule has 0 radical (unpaired) electrons. The second kappa shape index (κ2) is 9.89. The number of amides is 3. The molecule has 160 valence electrons. The van der Waals surface area contributed by atoms with Crippen molar-refractivity contribution in [3.8, 4) is 0 Å². The maximum absolute atomic E-state index is 12.8. The molecule has 3 rings (SSSR count). The van der Waals surface area contributed by atoms with E-state index >= 15 is 0 Å². The standard InChI is InChI=1S/C23H28N2O4S/c1-4-15-7-9-16(10-8-15)13-19(26)24-22-20(21(27)25-23(28)29-5-2)17-11-6-14(3)12-18(17)30-22/h7-10,14H,4-6,11-13H2,1-3H3,(H,24,26)(H,25,27,28). The zero-order valence-corrected chi connectivity index (χ0v) is 18.5. The number of aryl methyl sites for hydroxylation is 1. The van der Waals surface area contributed by atoms with Gasteiger partial charge in [0.15, 0.2) is 0 Å². The second-order valence-electron chi connectivity index (χ2n) is 7.63. The van der Waals surface area contributed by atoms with E-state index in [9.17, 15) is 14.4 Å². The van der Waals surface area contributed by atoms with Crippen LogP contribution in [0, 0.1) is 5.92 Å². The number of nitrogens with one attached hydrogen (secondary N) is 2. The molecule has 3 amide bonds. The van der Waals surface area contributed by atoms with Crippen molar-refractivity contribution in [2.75, 3.05) is 11.9 Å². The topological polar surface area (TPSA) is 84.5 Å². The lowest BCUT2D eigenvalue weighted by atomic mass is 9.88. The smallest absolute Gasteiger partial charge is 0.414 e. The minimum absolute atomic E-state index is 0.179. The van der Waals surface area contributed by atoms with Crippen LogP contribution in [0.3, 0.4) is 0 Å². The number of carbonyl (C=O) groups is 3. The van der Waals surface area contributed by atoms with Crippen LogP contribution in [0.15, 0.2) is 24.3 Å². The number of hydrogen-bond donors (Lipinski definition) is 2. The molecule has 1 aromatic carbocycles. The zero-order valence-electron chi connectivity index (χ0n) is 17.7. The van der Waals surface area contributed by atoms with Crippen LogP contribution in [0.25, 0.3) is 0 Å². The molecule has 2 N–H and O–H groups in total. The van der Waals surface area contributed by atoms with Crippen molar-refractivity contribution in [3.63, 3.8) is 0 Å². The SMILES string of the molecule is CCOC(=O)NC(=O)c1c(NC(=O)Cc2ccc(CC)cc2)sc2c1CCC(C)C2. The van der Waals surface area contributed by atoms with Crippen LogP contribution >= 0.6 is 11.3 Å². The molecule has 30 heavy (non-hydrogen) atoms. The van der Waals surface area contributed by atoms with Crippen LogP contribution in [-0.2, 0) is 35.2 Å². The van der Waals surface area contributed by atoms with Gasteiger partial charge in [0.1, 0.15) is 5.00 Å². The molecule has 0 spiro atoms. The number of imide groups is 1. The highest BCUT2D eigenvalue weighted by Crippen LogP contribution is 2.39. The summed E-state index contributed by atoms with van der Waals surface area (Å²) < 4.78 is 4.84. The van der Waals surface area contributed by atoms with Gasteiger partial charge >= 0.3 is 6.09 Å². The molecule has 1 unspecified atom stereocenters. The van der Waals surface area contributed by atoms with Crippen molar-refractivity contribution in [1.29, 1.82) is 0 Å². The Labute approximate surface area is 181 Å². The van der Waals surface area contributed by atoms with Gasteiger partial charge in [-0.25, -0.2) is 4.79 Å². The van der Waals surface area contributed by atoms with Crippen LogP contribution in [-0.4, -0.2) is 24.5 Å². The molecule has 6 nitrogen and oxygen atoms in total. The normalized spacial score (nSPS) is 15.2.